The Hall–Kier alpha value is -2.20. The summed E-state index contributed by atoms with van der Waals surface area (Å²) in [7, 11) is 0. The highest BCUT2D eigenvalue weighted by Crippen LogP contribution is 2.24. The van der Waals surface area contributed by atoms with Gasteiger partial charge in [0.15, 0.2) is 5.75 Å². The molecule has 0 saturated carbocycles. The van der Waals surface area contributed by atoms with Gasteiger partial charge in [0, 0.05) is 16.9 Å². The zero-order valence-electron chi connectivity index (χ0n) is 11.1. The molecule has 0 amide bonds. The molecule has 0 N–H and O–H groups in total. The average molecular weight is 342 g/mol. The van der Waals surface area contributed by atoms with Crippen molar-refractivity contribution in [3.8, 4) is 5.75 Å². The molecule has 0 bridgehead atoms. The van der Waals surface area contributed by atoms with E-state index >= 15 is 0 Å². The number of aromatic nitrogens is 1. The molecule has 0 atom stereocenters. The lowest BCUT2D eigenvalue weighted by atomic mass is 10.1. The number of alkyl halides is 1. The van der Waals surface area contributed by atoms with Crippen molar-refractivity contribution in [2.24, 2.45) is 0 Å². The quantitative estimate of drug-likeness (QED) is 0.404. The summed E-state index contributed by atoms with van der Waals surface area (Å²) in [6.45, 7) is 0. The summed E-state index contributed by atoms with van der Waals surface area (Å²) in [6.07, 6.45) is 1.68. The minimum atomic E-state index is -0.380. The van der Waals surface area contributed by atoms with Crippen LogP contribution in [0.1, 0.15) is 15.9 Å². The predicted molar refractivity (Wildman–Crippen MR) is 85.8 cm³/mol. The van der Waals surface area contributed by atoms with Gasteiger partial charge in [-0.25, -0.2) is 4.79 Å². The van der Waals surface area contributed by atoms with Crippen molar-refractivity contribution in [3.63, 3.8) is 0 Å². The number of para-hydroxylation sites is 1. The molecule has 1 heterocycles. The van der Waals surface area contributed by atoms with E-state index in [0.717, 1.165) is 16.3 Å². The van der Waals surface area contributed by atoms with Gasteiger partial charge in [-0.1, -0.05) is 46.3 Å². The number of fused-ring (bicyclic) bond motifs is 1. The van der Waals surface area contributed by atoms with E-state index in [0.29, 0.717) is 16.8 Å². The SMILES string of the molecule is O=C(Oc1cccc2cccnc12)c1ccc(CBr)cc1. The van der Waals surface area contributed by atoms with Crippen molar-refractivity contribution in [2.45, 2.75) is 5.33 Å². The van der Waals surface area contributed by atoms with E-state index in [1.807, 2.05) is 36.4 Å². The zero-order valence-corrected chi connectivity index (χ0v) is 12.7. The second-order valence-electron chi connectivity index (χ2n) is 4.55. The molecule has 3 aromatic rings. The zero-order chi connectivity index (χ0) is 14.7. The molecular formula is C17H12BrNO2. The highest BCUT2D eigenvalue weighted by molar-refractivity contribution is 9.08. The molecule has 3 nitrogen and oxygen atoms in total. The molecule has 4 heteroatoms. The fraction of sp³-hybridized carbons (Fsp3) is 0.0588. The van der Waals surface area contributed by atoms with Gasteiger partial charge in [0.05, 0.1) is 5.56 Å². The second-order valence-corrected chi connectivity index (χ2v) is 5.11. The Morgan fingerprint density at radius 1 is 1.05 bits per heavy atom. The van der Waals surface area contributed by atoms with Gasteiger partial charge in [-0.3, -0.25) is 4.98 Å². The third-order valence-electron chi connectivity index (χ3n) is 3.14. The normalized spacial score (nSPS) is 10.5. The van der Waals surface area contributed by atoms with E-state index in [1.165, 1.54) is 0 Å². The molecule has 3 rings (SSSR count). The van der Waals surface area contributed by atoms with E-state index in [4.69, 9.17) is 4.74 Å². The molecule has 0 aliphatic carbocycles. The summed E-state index contributed by atoms with van der Waals surface area (Å²) in [5, 5.41) is 1.70. The number of hydrogen-bond acceptors (Lipinski definition) is 3. The van der Waals surface area contributed by atoms with Crippen molar-refractivity contribution in [1.29, 1.82) is 0 Å². The van der Waals surface area contributed by atoms with E-state index in [-0.39, 0.29) is 5.97 Å². The molecule has 2 aromatic carbocycles. The average Bonchev–Trinajstić information content (AvgIpc) is 2.55. The summed E-state index contributed by atoms with van der Waals surface area (Å²) in [5.74, 6) is 0.0944. The predicted octanol–water partition coefficient (Wildman–Crippen LogP) is 4.35. The van der Waals surface area contributed by atoms with Crippen LogP contribution in [0.5, 0.6) is 5.75 Å². The van der Waals surface area contributed by atoms with E-state index in [9.17, 15) is 4.79 Å². The summed E-state index contributed by atoms with van der Waals surface area (Å²) in [5.41, 5.74) is 2.32. The first-order valence-corrected chi connectivity index (χ1v) is 7.61. The maximum atomic E-state index is 12.2. The number of nitrogens with zero attached hydrogens (tertiary/aromatic N) is 1. The van der Waals surface area contributed by atoms with Gasteiger partial charge in [0.2, 0.25) is 0 Å². The molecule has 0 saturated heterocycles. The number of benzene rings is 2. The van der Waals surface area contributed by atoms with Crippen LogP contribution >= 0.6 is 15.9 Å². The van der Waals surface area contributed by atoms with Crippen LogP contribution in [0.4, 0.5) is 0 Å². The maximum Gasteiger partial charge on any atom is 0.343 e. The lowest BCUT2D eigenvalue weighted by Gasteiger charge is -2.07. The third-order valence-corrected chi connectivity index (χ3v) is 3.79. The van der Waals surface area contributed by atoms with Crippen LogP contribution in [-0.2, 0) is 5.33 Å². The van der Waals surface area contributed by atoms with Crippen LogP contribution in [0, 0.1) is 0 Å². The Morgan fingerprint density at radius 3 is 2.57 bits per heavy atom. The van der Waals surface area contributed by atoms with Crippen molar-refractivity contribution in [1.82, 2.24) is 4.98 Å². The lowest BCUT2D eigenvalue weighted by Crippen LogP contribution is -2.08. The molecule has 1 aromatic heterocycles. The molecule has 0 fully saturated rings. The van der Waals surface area contributed by atoms with Crippen LogP contribution in [0.3, 0.4) is 0 Å². The molecule has 0 radical (unpaired) electrons. The van der Waals surface area contributed by atoms with E-state index < -0.39 is 0 Å². The number of carbonyl (C=O) groups excluding carboxylic acids is 1. The molecule has 21 heavy (non-hydrogen) atoms. The molecular weight excluding hydrogens is 330 g/mol. The van der Waals surface area contributed by atoms with Crippen LogP contribution in [0.25, 0.3) is 10.9 Å². The minimum Gasteiger partial charge on any atom is -0.421 e. The molecule has 0 aliphatic heterocycles. The van der Waals surface area contributed by atoms with Crippen molar-refractivity contribution < 1.29 is 9.53 Å². The molecule has 0 aliphatic rings. The number of pyridine rings is 1. The summed E-state index contributed by atoms with van der Waals surface area (Å²) in [4.78, 5) is 16.5. The van der Waals surface area contributed by atoms with Crippen LogP contribution < -0.4 is 4.74 Å². The Bertz CT molecular complexity index is 779. The number of rotatable bonds is 3. The first-order valence-electron chi connectivity index (χ1n) is 6.49. The van der Waals surface area contributed by atoms with Crippen molar-refractivity contribution in [2.75, 3.05) is 0 Å². The smallest absolute Gasteiger partial charge is 0.343 e. The largest absolute Gasteiger partial charge is 0.421 e. The van der Waals surface area contributed by atoms with Gasteiger partial charge < -0.3 is 4.74 Å². The Kier molecular flexibility index (Phi) is 3.97. The fourth-order valence-corrected chi connectivity index (χ4v) is 2.42. The van der Waals surface area contributed by atoms with E-state index in [1.54, 1.807) is 24.4 Å². The number of ether oxygens (including phenoxy) is 1. The van der Waals surface area contributed by atoms with Gasteiger partial charge in [-0.2, -0.15) is 0 Å². The topological polar surface area (TPSA) is 39.2 Å². The number of carbonyl (C=O) groups is 1. The maximum absolute atomic E-state index is 12.2. The molecule has 0 unspecified atom stereocenters. The van der Waals surface area contributed by atoms with Crippen LogP contribution in [-0.4, -0.2) is 11.0 Å². The summed E-state index contributed by atoms with van der Waals surface area (Å²) in [6, 6.07) is 16.6. The minimum absolute atomic E-state index is 0.380. The lowest BCUT2D eigenvalue weighted by molar-refractivity contribution is 0.0737. The first-order chi connectivity index (χ1) is 10.3. The first kappa shape index (κ1) is 13.8. The molecule has 0 spiro atoms. The van der Waals surface area contributed by atoms with Crippen molar-refractivity contribution in [3.05, 3.63) is 71.9 Å². The number of hydrogen-bond donors (Lipinski definition) is 0. The van der Waals surface area contributed by atoms with Crippen molar-refractivity contribution >= 4 is 32.8 Å². The monoisotopic (exact) mass is 341 g/mol. The highest BCUT2D eigenvalue weighted by atomic mass is 79.9. The second kappa shape index (κ2) is 6.06. The van der Waals surface area contributed by atoms with Gasteiger partial charge in [-0.15, -0.1) is 0 Å². The van der Waals surface area contributed by atoms with Crippen LogP contribution in [0.15, 0.2) is 60.8 Å². The Morgan fingerprint density at radius 2 is 1.81 bits per heavy atom. The number of halogens is 1. The summed E-state index contributed by atoms with van der Waals surface area (Å²) >= 11 is 3.38. The van der Waals surface area contributed by atoms with Gasteiger partial charge >= 0.3 is 5.97 Å². The summed E-state index contributed by atoms with van der Waals surface area (Å²) < 4.78 is 5.47. The fourth-order valence-electron chi connectivity index (χ4n) is 2.05. The standard InChI is InChI=1S/C17H12BrNO2/c18-11-12-6-8-14(9-7-12)17(20)21-15-5-1-3-13-4-2-10-19-16(13)15/h1-10H,11H2. The number of esters is 1. The van der Waals surface area contributed by atoms with Gasteiger partial charge in [0.25, 0.3) is 0 Å². The molecule has 104 valence electrons. The van der Waals surface area contributed by atoms with Gasteiger partial charge in [-0.05, 0) is 29.8 Å². The van der Waals surface area contributed by atoms with Gasteiger partial charge in [0.1, 0.15) is 5.52 Å². The highest BCUT2D eigenvalue weighted by Gasteiger charge is 2.11. The van der Waals surface area contributed by atoms with E-state index in [2.05, 4.69) is 20.9 Å². The Balaban J connectivity index is 1.89. The van der Waals surface area contributed by atoms with Crippen LogP contribution in [0.2, 0.25) is 0 Å². The third kappa shape index (κ3) is 2.95. The Labute approximate surface area is 130 Å².